The van der Waals surface area contributed by atoms with E-state index in [-0.39, 0.29) is 35.6 Å². The minimum Gasteiger partial charge on any atom is -0.507 e. The van der Waals surface area contributed by atoms with E-state index in [2.05, 4.69) is 6.08 Å². The Labute approximate surface area is 289 Å². The highest BCUT2D eigenvalue weighted by atomic mass is 35.5. The van der Waals surface area contributed by atoms with Crippen molar-refractivity contribution in [2.24, 2.45) is 23.7 Å². The summed E-state index contributed by atoms with van der Waals surface area (Å²) in [6, 6.07) is 29.2. The number of aryl methyl sites for hydroxylation is 2. The van der Waals surface area contributed by atoms with Crippen LogP contribution in [0.15, 0.2) is 115 Å². The molecule has 244 valence electrons. The van der Waals surface area contributed by atoms with Crippen molar-refractivity contribution in [1.82, 2.24) is 0 Å². The normalized spacial score (nSPS) is 27.7. The molecule has 6 atom stereocenters. The molecule has 8 rings (SSSR count). The number of aromatic hydroxyl groups is 1. The monoisotopic (exact) mass is 667 g/mol. The first kappa shape index (κ1) is 31.2. The molecule has 4 aromatic rings. The van der Waals surface area contributed by atoms with Gasteiger partial charge in [0, 0.05) is 22.4 Å². The number of anilines is 1. The number of ketones is 2. The topological polar surface area (TPSA) is 91.8 Å². The lowest BCUT2D eigenvalue weighted by Gasteiger charge is -2.55. The minimum absolute atomic E-state index is 0.153. The Kier molecular flexibility index (Phi) is 7.34. The predicted molar refractivity (Wildman–Crippen MR) is 188 cm³/mol. The van der Waals surface area contributed by atoms with Crippen molar-refractivity contribution in [3.05, 3.63) is 148 Å². The van der Waals surface area contributed by atoms with Crippen LogP contribution in [-0.4, -0.2) is 28.5 Å². The number of halogens is 1. The van der Waals surface area contributed by atoms with Crippen LogP contribution in [0.25, 0.3) is 5.57 Å². The molecule has 2 fully saturated rings. The molecule has 0 spiro atoms. The van der Waals surface area contributed by atoms with Gasteiger partial charge in [0.1, 0.15) is 5.75 Å². The summed E-state index contributed by atoms with van der Waals surface area (Å²) in [5.41, 5.74) is 3.89. The number of fused-ring (bicyclic) bond motifs is 4. The number of nitrogens with zero attached hydrogens (tertiary/aromatic N) is 1. The maximum atomic E-state index is 15.1. The molecule has 7 heteroatoms. The molecule has 49 heavy (non-hydrogen) atoms. The predicted octanol–water partition coefficient (Wildman–Crippen LogP) is 7.69. The lowest BCUT2D eigenvalue weighted by Crippen LogP contribution is -2.58. The van der Waals surface area contributed by atoms with Gasteiger partial charge in [-0.2, -0.15) is 0 Å². The van der Waals surface area contributed by atoms with Crippen LogP contribution >= 0.6 is 11.6 Å². The minimum atomic E-state index is -1.32. The molecular formula is C42H34ClNO5. The number of hydrogen-bond acceptors (Lipinski definition) is 5. The number of benzene rings is 4. The third-order valence-electron chi connectivity index (χ3n) is 11.3. The number of allylic oxidation sites excluding steroid dienone is 4. The van der Waals surface area contributed by atoms with Crippen LogP contribution in [0.2, 0.25) is 5.02 Å². The molecule has 4 aromatic carbocycles. The molecule has 6 nitrogen and oxygen atoms in total. The molecule has 2 amide bonds. The van der Waals surface area contributed by atoms with Crippen molar-refractivity contribution in [3.63, 3.8) is 0 Å². The van der Waals surface area contributed by atoms with Gasteiger partial charge in [0.15, 0.2) is 11.6 Å². The zero-order valence-electron chi connectivity index (χ0n) is 27.1. The van der Waals surface area contributed by atoms with E-state index in [9.17, 15) is 14.7 Å². The summed E-state index contributed by atoms with van der Waals surface area (Å²) < 4.78 is 0. The average Bonchev–Trinajstić information content (AvgIpc) is 3.37. The molecule has 6 unspecified atom stereocenters. The van der Waals surface area contributed by atoms with Gasteiger partial charge in [0.05, 0.1) is 22.9 Å². The third-order valence-corrected chi connectivity index (χ3v) is 11.6. The highest BCUT2D eigenvalue weighted by Gasteiger charge is 2.66. The molecule has 1 saturated carbocycles. The lowest BCUT2D eigenvalue weighted by molar-refractivity contribution is -0.135. The van der Waals surface area contributed by atoms with Gasteiger partial charge in [-0.3, -0.25) is 24.1 Å². The summed E-state index contributed by atoms with van der Waals surface area (Å²) in [5.74, 6) is -3.94. The van der Waals surface area contributed by atoms with Crippen LogP contribution in [0.5, 0.6) is 5.75 Å². The number of imide groups is 1. The van der Waals surface area contributed by atoms with E-state index >= 15 is 9.59 Å². The highest BCUT2D eigenvalue weighted by Crippen LogP contribution is 2.64. The quantitative estimate of drug-likeness (QED) is 0.178. The number of rotatable bonds is 4. The summed E-state index contributed by atoms with van der Waals surface area (Å²) in [5, 5.41) is 11.3. The van der Waals surface area contributed by atoms with E-state index in [0.717, 1.165) is 16.7 Å². The van der Waals surface area contributed by atoms with Crippen LogP contribution in [0, 0.1) is 37.5 Å². The van der Waals surface area contributed by atoms with Gasteiger partial charge in [-0.05, 0) is 90.8 Å². The number of carbonyl (C=O) groups is 4. The van der Waals surface area contributed by atoms with Gasteiger partial charge >= 0.3 is 0 Å². The largest absolute Gasteiger partial charge is 0.507 e. The van der Waals surface area contributed by atoms with Crippen LogP contribution < -0.4 is 4.90 Å². The van der Waals surface area contributed by atoms with Gasteiger partial charge < -0.3 is 5.11 Å². The summed E-state index contributed by atoms with van der Waals surface area (Å²) >= 11 is 6.14. The Hall–Kier alpha value is -5.07. The van der Waals surface area contributed by atoms with Crippen molar-refractivity contribution >= 4 is 46.2 Å². The number of hydrogen-bond donors (Lipinski definition) is 1. The zero-order valence-corrected chi connectivity index (χ0v) is 27.9. The summed E-state index contributed by atoms with van der Waals surface area (Å²) in [6.07, 6.45) is 4.14. The molecule has 4 aliphatic rings. The molecule has 1 saturated heterocycles. The van der Waals surface area contributed by atoms with Crippen molar-refractivity contribution in [2.45, 2.75) is 38.0 Å². The number of Topliss-reactive ketones (excluding diaryl/α,β-unsaturated/α-hetero) is 1. The Balaban J connectivity index is 1.37. The van der Waals surface area contributed by atoms with E-state index in [0.29, 0.717) is 39.4 Å². The van der Waals surface area contributed by atoms with Gasteiger partial charge in [-0.15, -0.1) is 0 Å². The third kappa shape index (κ3) is 4.54. The Bertz CT molecular complexity index is 2100. The van der Waals surface area contributed by atoms with Crippen molar-refractivity contribution < 1.29 is 24.3 Å². The molecule has 0 bridgehead atoms. The molecule has 1 aliphatic heterocycles. The van der Waals surface area contributed by atoms with Crippen LogP contribution in [0.1, 0.15) is 46.6 Å². The highest BCUT2D eigenvalue weighted by molar-refractivity contribution is 6.32. The lowest BCUT2D eigenvalue weighted by atomic mass is 9.44. The molecule has 3 aliphatic carbocycles. The number of carbonyl (C=O) groups excluding carboxylic acids is 4. The molecule has 0 radical (unpaired) electrons. The van der Waals surface area contributed by atoms with E-state index in [1.165, 1.54) is 11.0 Å². The van der Waals surface area contributed by atoms with Crippen molar-refractivity contribution in [3.8, 4) is 5.75 Å². The second kappa shape index (κ2) is 11.5. The fraction of sp³-hybridized carbons (Fsp3) is 0.238. The second-order valence-corrected chi connectivity index (χ2v) is 14.2. The summed E-state index contributed by atoms with van der Waals surface area (Å²) in [4.78, 5) is 59.9. The van der Waals surface area contributed by atoms with E-state index in [4.69, 9.17) is 11.6 Å². The fourth-order valence-electron chi connectivity index (χ4n) is 9.25. The standard InChI is InChI=1S/C42H34ClNO5/c1-23-19-26(20-24(2)38(23)46)37-30-17-18-31-36(41(49)44(40(31)48)29-15-13-28(43)14-16-29)33(30)21-34-39(47)32(25-9-5-3-6-10-25)22-35(45)42(34,37)27-11-7-4-8-12-27/h3-17,19-20,22,31,33-34,36-37,46H,18,21H2,1-2H3. The summed E-state index contributed by atoms with van der Waals surface area (Å²) in [6.45, 7) is 3.66. The van der Waals surface area contributed by atoms with Gasteiger partial charge in [-0.25, -0.2) is 0 Å². The first-order valence-electron chi connectivity index (χ1n) is 16.7. The first-order valence-corrected chi connectivity index (χ1v) is 17.1. The SMILES string of the molecule is Cc1cc(C2C3=CCC4C(=O)N(c5ccc(Cl)cc5)C(=O)C4C3CC3C(=O)C(c4ccccc4)=CC(=O)C32c2ccccc2)cc(C)c1O. The molecular weight excluding hydrogens is 634 g/mol. The van der Waals surface area contributed by atoms with Crippen LogP contribution in [-0.2, 0) is 24.6 Å². The molecule has 1 heterocycles. The fourth-order valence-corrected chi connectivity index (χ4v) is 9.38. The smallest absolute Gasteiger partial charge is 0.238 e. The van der Waals surface area contributed by atoms with Crippen molar-refractivity contribution in [1.29, 1.82) is 0 Å². The average molecular weight is 668 g/mol. The first-order chi connectivity index (χ1) is 23.6. The number of phenols is 1. The summed E-state index contributed by atoms with van der Waals surface area (Å²) in [7, 11) is 0. The Morgan fingerprint density at radius 2 is 1.43 bits per heavy atom. The van der Waals surface area contributed by atoms with Gasteiger partial charge in [0.2, 0.25) is 11.8 Å². The van der Waals surface area contributed by atoms with Gasteiger partial charge in [0.25, 0.3) is 0 Å². The second-order valence-electron chi connectivity index (χ2n) is 13.8. The van der Waals surface area contributed by atoms with Crippen LogP contribution in [0.4, 0.5) is 5.69 Å². The number of phenolic OH excluding ortho intramolecular Hbond substituents is 1. The maximum Gasteiger partial charge on any atom is 0.238 e. The Morgan fingerprint density at radius 3 is 2.08 bits per heavy atom. The Morgan fingerprint density at radius 1 is 0.796 bits per heavy atom. The van der Waals surface area contributed by atoms with Crippen molar-refractivity contribution in [2.75, 3.05) is 4.90 Å². The van der Waals surface area contributed by atoms with Gasteiger partial charge in [-0.1, -0.05) is 96.0 Å². The zero-order chi connectivity index (χ0) is 34.2. The van der Waals surface area contributed by atoms with E-state index in [1.54, 1.807) is 24.3 Å². The molecule has 1 N–H and O–H groups in total. The molecule has 0 aromatic heterocycles. The van der Waals surface area contributed by atoms with E-state index < -0.39 is 35.0 Å². The van der Waals surface area contributed by atoms with Crippen LogP contribution in [0.3, 0.4) is 0 Å². The maximum absolute atomic E-state index is 15.1. The van der Waals surface area contributed by atoms with E-state index in [1.807, 2.05) is 86.6 Å². The number of amides is 2.